The number of hydrogen-bond acceptors (Lipinski definition) is 9. The number of rotatable bonds is 11. The second kappa shape index (κ2) is 12.1. The van der Waals surface area contributed by atoms with Crippen molar-refractivity contribution in [3.63, 3.8) is 0 Å². The maximum absolute atomic E-state index is 12.2. The Morgan fingerprint density at radius 1 is 1.09 bits per heavy atom. The van der Waals surface area contributed by atoms with Crippen molar-refractivity contribution in [2.45, 2.75) is 12.8 Å². The van der Waals surface area contributed by atoms with E-state index in [4.69, 9.17) is 28.3 Å². The molecule has 0 saturated carbocycles. The number of carbonyl (C=O) groups excluding carboxylic acids is 1. The first kappa shape index (κ1) is 25.1. The Labute approximate surface area is 204 Å². The molecule has 4 N–H and O–H groups in total. The number of benzene rings is 1. The highest BCUT2D eigenvalue weighted by Crippen LogP contribution is 2.34. The third kappa shape index (κ3) is 6.98. The Morgan fingerprint density at radius 2 is 1.88 bits per heavy atom. The molecule has 0 unspecified atom stereocenters. The van der Waals surface area contributed by atoms with Crippen LogP contribution in [0.5, 0.6) is 0 Å². The normalized spacial score (nSPS) is 10.6. The van der Waals surface area contributed by atoms with Gasteiger partial charge in [-0.05, 0) is 30.7 Å². The number of aliphatic hydroxyl groups excluding tert-OH is 1. The maximum atomic E-state index is 12.2. The topological polar surface area (TPSA) is 155 Å². The molecule has 0 radical (unpaired) electrons. The number of pyridine rings is 1. The third-order valence-electron chi connectivity index (χ3n) is 4.48. The molecule has 2 aromatic heterocycles. The van der Waals surface area contributed by atoms with Crippen molar-refractivity contribution in [3.8, 4) is 11.3 Å². The van der Waals surface area contributed by atoms with Crippen LogP contribution in [0.15, 0.2) is 42.7 Å². The Morgan fingerprint density at radius 3 is 2.56 bits per heavy atom. The van der Waals surface area contributed by atoms with E-state index in [2.05, 4.69) is 30.9 Å². The summed E-state index contributed by atoms with van der Waals surface area (Å²) in [4.78, 5) is 35.1. The van der Waals surface area contributed by atoms with Crippen LogP contribution >= 0.6 is 23.2 Å². The number of amides is 1. The van der Waals surface area contributed by atoms with E-state index >= 15 is 0 Å². The van der Waals surface area contributed by atoms with Gasteiger partial charge in [0.15, 0.2) is 0 Å². The first-order valence-electron chi connectivity index (χ1n) is 10.2. The summed E-state index contributed by atoms with van der Waals surface area (Å²) in [5.74, 6) is 0.500. The standard InChI is InChI=1S/C21H21Cl2N7O4/c22-13-3-5-15(16(23)10-13)20-17(28-19(32)2-1-9-31)12-27-21(29-20)25-8-7-24-18-6-4-14(11-26-18)30(33)34/h3-6,10-12,31H,1-2,7-9H2,(H,24,26)(H,28,32)(H,25,27,29). The van der Waals surface area contributed by atoms with Crippen LogP contribution in [0, 0.1) is 10.1 Å². The van der Waals surface area contributed by atoms with Crippen LogP contribution in [-0.2, 0) is 4.79 Å². The van der Waals surface area contributed by atoms with Crippen LogP contribution in [-0.4, -0.2) is 50.6 Å². The van der Waals surface area contributed by atoms with Crippen LogP contribution in [0.4, 0.5) is 23.1 Å². The fourth-order valence-corrected chi connectivity index (χ4v) is 3.36. The molecule has 0 atom stereocenters. The Hall–Kier alpha value is -3.54. The second-order valence-corrected chi connectivity index (χ2v) is 7.81. The molecule has 0 aliphatic carbocycles. The molecule has 3 aromatic rings. The monoisotopic (exact) mass is 505 g/mol. The molecule has 11 nitrogen and oxygen atoms in total. The summed E-state index contributed by atoms with van der Waals surface area (Å²) in [5.41, 5.74) is 1.24. The molecule has 178 valence electrons. The van der Waals surface area contributed by atoms with E-state index in [0.29, 0.717) is 58.3 Å². The molecule has 1 amide bonds. The zero-order valence-corrected chi connectivity index (χ0v) is 19.3. The number of aliphatic hydroxyl groups is 1. The van der Waals surface area contributed by atoms with Crippen LogP contribution in [0.2, 0.25) is 10.0 Å². The molecule has 3 rings (SSSR count). The summed E-state index contributed by atoms with van der Waals surface area (Å²) in [6.45, 7) is 0.756. The fourth-order valence-electron chi connectivity index (χ4n) is 2.86. The lowest BCUT2D eigenvalue weighted by atomic mass is 10.1. The molecule has 1 aromatic carbocycles. The SMILES string of the molecule is O=C(CCCO)Nc1cnc(NCCNc2ccc([N+](=O)[O-])cn2)nc1-c1ccc(Cl)cc1Cl. The molecule has 0 bridgehead atoms. The number of carbonyl (C=O) groups is 1. The van der Waals surface area contributed by atoms with E-state index in [9.17, 15) is 14.9 Å². The Balaban J connectivity index is 1.71. The number of halogens is 2. The van der Waals surface area contributed by atoms with E-state index in [0.717, 1.165) is 0 Å². The number of nitro groups is 1. The number of aromatic nitrogens is 3. The average molecular weight is 506 g/mol. The van der Waals surface area contributed by atoms with E-state index in [1.807, 2.05) is 0 Å². The van der Waals surface area contributed by atoms with Crippen molar-refractivity contribution < 1.29 is 14.8 Å². The molecule has 0 saturated heterocycles. The van der Waals surface area contributed by atoms with Crippen molar-refractivity contribution in [2.24, 2.45) is 0 Å². The maximum Gasteiger partial charge on any atom is 0.287 e. The van der Waals surface area contributed by atoms with E-state index in [1.165, 1.54) is 24.5 Å². The minimum atomic E-state index is -0.515. The Bertz CT molecular complexity index is 1160. The lowest BCUT2D eigenvalue weighted by Gasteiger charge is -2.14. The lowest BCUT2D eigenvalue weighted by Crippen LogP contribution is -2.17. The Kier molecular flexibility index (Phi) is 8.91. The predicted octanol–water partition coefficient (Wildman–Crippen LogP) is 3.99. The van der Waals surface area contributed by atoms with E-state index in [1.54, 1.807) is 18.2 Å². The van der Waals surface area contributed by atoms with Gasteiger partial charge in [-0.3, -0.25) is 14.9 Å². The molecule has 0 aliphatic rings. The van der Waals surface area contributed by atoms with Crippen molar-refractivity contribution in [1.82, 2.24) is 15.0 Å². The molecular weight excluding hydrogens is 485 g/mol. The van der Waals surface area contributed by atoms with Gasteiger partial charge >= 0.3 is 0 Å². The molecule has 13 heteroatoms. The van der Waals surface area contributed by atoms with E-state index in [-0.39, 0.29) is 24.6 Å². The smallest absolute Gasteiger partial charge is 0.287 e. The third-order valence-corrected chi connectivity index (χ3v) is 5.03. The van der Waals surface area contributed by atoms with Gasteiger partial charge in [-0.25, -0.2) is 15.0 Å². The molecule has 0 spiro atoms. The number of nitrogens with one attached hydrogen (secondary N) is 3. The van der Waals surface area contributed by atoms with Gasteiger partial charge in [0.25, 0.3) is 5.69 Å². The molecule has 0 aliphatic heterocycles. The van der Waals surface area contributed by atoms with Crippen molar-refractivity contribution in [2.75, 3.05) is 35.6 Å². The fraction of sp³-hybridized carbons (Fsp3) is 0.238. The van der Waals surface area contributed by atoms with Crippen LogP contribution < -0.4 is 16.0 Å². The highest BCUT2D eigenvalue weighted by Gasteiger charge is 2.15. The summed E-state index contributed by atoms with van der Waals surface area (Å²) in [5, 5.41) is 29.3. The molecule has 0 fully saturated rings. The minimum absolute atomic E-state index is 0.0889. The molecule has 34 heavy (non-hydrogen) atoms. The summed E-state index contributed by atoms with van der Waals surface area (Å²) in [6, 6.07) is 7.82. The number of nitrogens with zero attached hydrogens (tertiary/aromatic N) is 4. The summed E-state index contributed by atoms with van der Waals surface area (Å²) in [7, 11) is 0. The number of hydrogen-bond donors (Lipinski definition) is 4. The number of anilines is 3. The largest absolute Gasteiger partial charge is 0.396 e. The summed E-state index contributed by atoms with van der Waals surface area (Å²) >= 11 is 12.4. The first-order valence-corrected chi connectivity index (χ1v) is 10.9. The highest BCUT2D eigenvalue weighted by molar-refractivity contribution is 6.36. The highest BCUT2D eigenvalue weighted by atomic mass is 35.5. The van der Waals surface area contributed by atoms with Crippen molar-refractivity contribution >= 4 is 52.3 Å². The van der Waals surface area contributed by atoms with Gasteiger partial charge in [0.1, 0.15) is 17.7 Å². The van der Waals surface area contributed by atoms with Gasteiger partial charge in [-0.1, -0.05) is 23.2 Å². The van der Waals surface area contributed by atoms with Crippen molar-refractivity contribution in [3.05, 3.63) is 62.9 Å². The first-order chi connectivity index (χ1) is 16.4. The van der Waals surface area contributed by atoms with Gasteiger partial charge in [0.2, 0.25) is 11.9 Å². The lowest BCUT2D eigenvalue weighted by molar-refractivity contribution is -0.385. The van der Waals surface area contributed by atoms with Gasteiger partial charge < -0.3 is 21.1 Å². The van der Waals surface area contributed by atoms with Gasteiger partial charge in [-0.2, -0.15) is 0 Å². The van der Waals surface area contributed by atoms with Gasteiger partial charge in [-0.15, -0.1) is 0 Å². The van der Waals surface area contributed by atoms with Gasteiger partial charge in [0, 0.05) is 42.8 Å². The minimum Gasteiger partial charge on any atom is -0.396 e. The average Bonchev–Trinajstić information content (AvgIpc) is 2.82. The van der Waals surface area contributed by atoms with Crippen LogP contribution in [0.25, 0.3) is 11.3 Å². The summed E-state index contributed by atoms with van der Waals surface area (Å²) < 4.78 is 0. The second-order valence-electron chi connectivity index (χ2n) is 6.97. The zero-order chi connectivity index (χ0) is 24.5. The van der Waals surface area contributed by atoms with E-state index < -0.39 is 4.92 Å². The molecular formula is C21H21Cl2N7O4. The van der Waals surface area contributed by atoms with Gasteiger partial charge in [0.05, 0.1) is 21.8 Å². The quantitative estimate of drug-likeness (QED) is 0.172. The molecule has 2 heterocycles. The zero-order valence-electron chi connectivity index (χ0n) is 17.8. The predicted molar refractivity (Wildman–Crippen MR) is 130 cm³/mol. The van der Waals surface area contributed by atoms with Crippen LogP contribution in [0.1, 0.15) is 12.8 Å². The van der Waals surface area contributed by atoms with Crippen LogP contribution in [0.3, 0.4) is 0 Å². The van der Waals surface area contributed by atoms with Crippen molar-refractivity contribution in [1.29, 1.82) is 0 Å². The summed E-state index contributed by atoms with van der Waals surface area (Å²) in [6.07, 6.45) is 3.12.